The standard InChI is InChI=1S/C17H18ClN5/c1-11-7-14(22-17(21-11)12-3-2-6-19-8-12)15-9-20-16-5-4-13(18)10-23(15)16/h4-5,7,9-10,12,19H,2-3,6,8H2,1H3. The van der Waals surface area contributed by atoms with Crippen molar-refractivity contribution >= 4 is 17.2 Å². The number of fused-ring (bicyclic) bond motifs is 1. The fourth-order valence-corrected chi connectivity index (χ4v) is 3.28. The van der Waals surface area contributed by atoms with E-state index in [4.69, 9.17) is 16.6 Å². The first-order valence-corrected chi connectivity index (χ1v) is 8.28. The number of halogens is 1. The molecular formula is C17H18ClN5. The molecule has 0 saturated carbocycles. The number of nitrogens with zero attached hydrogens (tertiary/aromatic N) is 4. The van der Waals surface area contributed by atoms with Crippen LogP contribution in [0.5, 0.6) is 0 Å². The molecule has 4 heterocycles. The van der Waals surface area contributed by atoms with Gasteiger partial charge in [-0.05, 0) is 44.5 Å². The number of aryl methyl sites for hydroxylation is 1. The predicted octanol–water partition coefficient (Wildman–Crippen LogP) is 3.22. The van der Waals surface area contributed by atoms with Crippen LogP contribution in [0.25, 0.3) is 17.0 Å². The van der Waals surface area contributed by atoms with E-state index in [9.17, 15) is 0 Å². The van der Waals surface area contributed by atoms with E-state index in [0.29, 0.717) is 10.9 Å². The molecular weight excluding hydrogens is 310 g/mol. The Labute approximate surface area is 139 Å². The second-order valence-corrected chi connectivity index (χ2v) is 6.45. The molecule has 0 amide bonds. The molecule has 1 aliphatic rings. The summed E-state index contributed by atoms with van der Waals surface area (Å²) in [5.41, 5.74) is 3.68. The van der Waals surface area contributed by atoms with Crippen molar-refractivity contribution in [2.24, 2.45) is 0 Å². The van der Waals surface area contributed by atoms with E-state index in [-0.39, 0.29) is 0 Å². The Bertz CT molecular complexity index is 851. The third-order valence-electron chi connectivity index (χ3n) is 4.27. The van der Waals surface area contributed by atoms with Gasteiger partial charge in [0.25, 0.3) is 0 Å². The molecule has 23 heavy (non-hydrogen) atoms. The highest BCUT2D eigenvalue weighted by Crippen LogP contribution is 2.25. The lowest BCUT2D eigenvalue weighted by Gasteiger charge is -2.22. The molecule has 6 heteroatoms. The number of aromatic nitrogens is 4. The highest BCUT2D eigenvalue weighted by molar-refractivity contribution is 6.30. The lowest BCUT2D eigenvalue weighted by atomic mass is 9.98. The fourth-order valence-electron chi connectivity index (χ4n) is 3.12. The normalized spacial score (nSPS) is 18.4. The van der Waals surface area contributed by atoms with Crippen LogP contribution >= 0.6 is 11.6 Å². The first kappa shape index (κ1) is 14.6. The van der Waals surface area contributed by atoms with Gasteiger partial charge in [-0.2, -0.15) is 0 Å². The Morgan fingerprint density at radius 3 is 3.04 bits per heavy atom. The number of pyridine rings is 1. The molecule has 1 N–H and O–H groups in total. The Morgan fingerprint density at radius 2 is 2.22 bits per heavy atom. The van der Waals surface area contributed by atoms with Crippen LogP contribution in [0, 0.1) is 6.92 Å². The molecule has 1 saturated heterocycles. The average Bonchev–Trinajstić information content (AvgIpc) is 2.98. The first-order chi connectivity index (χ1) is 11.2. The van der Waals surface area contributed by atoms with Crippen molar-refractivity contribution in [1.29, 1.82) is 0 Å². The van der Waals surface area contributed by atoms with Gasteiger partial charge in [0.05, 0.1) is 22.6 Å². The number of hydrogen-bond donors (Lipinski definition) is 1. The van der Waals surface area contributed by atoms with Crippen LogP contribution in [0.15, 0.2) is 30.6 Å². The summed E-state index contributed by atoms with van der Waals surface area (Å²) in [5, 5.41) is 4.11. The van der Waals surface area contributed by atoms with E-state index < -0.39 is 0 Å². The topological polar surface area (TPSA) is 55.1 Å². The van der Waals surface area contributed by atoms with E-state index in [1.807, 2.05) is 41.9 Å². The zero-order chi connectivity index (χ0) is 15.8. The quantitative estimate of drug-likeness (QED) is 0.785. The third kappa shape index (κ3) is 2.82. The number of imidazole rings is 1. The highest BCUT2D eigenvalue weighted by atomic mass is 35.5. The van der Waals surface area contributed by atoms with Crippen molar-refractivity contribution in [3.8, 4) is 11.4 Å². The predicted molar refractivity (Wildman–Crippen MR) is 90.8 cm³/mol. The maximum atomic E-state index is 6.13. The molecule has 0 aromatic carbocycles. The lowest BCUT2D eigenvalue weighted by molar-refractivity contribution is 0.446. The van der Waals surface area contributed by atoms with Crippen LogP contribution in [0.2, 0.25) is 5.02 Å². The summed E-state index contributed by atoms with van der Waals surface area (Å²) in [6, 6.07) is 5.76. The van der Waals surface area contributed by atoms with Crippen LogP contribution in [0.3, 0.4) is 0 Å². The van der Waals surface area contributed by atoms with Gasteiger partial charge in [-0.25, -0.2) is 15.0 Å². The van der Waals surface area contributed by atoms with E-state index in [2.05, 4.69) is 15.3 Å². The summed E-state index contributed by atoms with van der Waals surface area (Å²) in [7, 11) is 0. The van der Waals surface area contributed by atoms with Crippen molar-refractivity contribution in [1.82, 2.24) is 24.7 Å². The van der Waals surface area contributed by atoms with Crippen molar-refractivity contribution in [2.75, 3.05) is 13.1 Å². The van der Waals surface area contributed by atoms with Crippen molar-refractivity contribution in [3.05, 3.63) is 47.1 Å². The van der Waals surface area contributed by atoms with Crippen LogP contribution in [-0.2, 0) is 0 Å². The zero-order valence-corrected chi connectivity index (χ0v) is 13.7. The molecule has 1 unspecified atom stereocenters. The van der Waals surface area contributed by atoms with Crippen molar-refractivity contribution in [3.63, 3.8) is 0 Å². The van der Waals surface area contributed by atoms with Gasteiger partial charge in [0.15, 0.2) is 0 Å². The molecule has 5 nitrogen and oxygen atoms in total. The number of nitrogens with one attached hydrogen (secondary N) is 1. The summed E-state index contributed by atoms with van der Waals surface area (Å²) in [6.45, 7) is 4.05. The molecule has 118 valence electrons. The number of hydrogen-bond acceptors (Lipinski definition) is 4. The average molecular weight is 328 g/mol. The molecule has 3 aromatic rings. The first-order valence-electron chi connectivity index (χ1n) is 7.90. The van der Waals surface area contributed by atoms with Crippen molar-refractivity contribution in [2.45, 2.75) is 25.7 Å². The Balaban J connectivity index is 1.81. The third-order valence-corrected chi connectivity index (χ3v) is 4.49. The zero-order valence-electron chi connectivity index (χ0n) is 13.0. The van der Waals surface area contributed by atoms with Crippen LogP contribution in [-0.4, -0.2) is 32.4 Å². The lowest BCUT2D eigenvalue weighted by Crippen LogP contribution is -2.29. The van der Waals surface area contributed by atoms with Crippen LogP contribution < -0.4 is 5.32 Å². The molecule has 0 spiro atoms. The van der Waals surface area contributed by atoms with Gasteiger partial charge in [0.1, 0.15) is 11.5 Å². The molecule has 0 bridgehead atoms. The smallest absolute Gasteiger partial charge is 0.137 e. The maximum Gasteiger partial charge on any atom is 0.137 e. The SMILES string of the molecule is Cc1cc(-c2cnc3ccc(Cl)cn23)nc(C2CCCNC2)n1. The minimum absolute atomic E-state index is 0.380. The monoisotopic (exact) mass is 327 g/mol. The van der Waals surface area contributed by atoms with Crippen molar-refractivity contribution < 1.29 is 0 Å². The van der Waals surface area contributed by atoms with Gasteiger partial charge in [0, 0.05) is 24.4 Å². The fraction of sp³-hybridized carbons (Fsp3) is 0.353. The van der Waals surface area contributed by atoms with E-state index >= 15 is 0 Å². The summed E-state index contributed by atoms with van der Waals surface area (Å²) >= 11 is 6.13. The van der Waals surface area contributed by atoms with Gasteiger partial charge in [0.2, 0.25) is 0 Å². The van der Waals surface area contributed by atoms with Crippen LogP contribution in [0.1, 0.15) is 30.3 Å². The number of piperidine rings is 1. The molecule has 3 aromatic heterocycles. The van der Waals surface area contributed by atoms with Gasteiger partial charge in [-0.15, -0.1) is 0 Å². The molecule has 1 fully saturated rings. The number of rotatable bonds is 2. The van der Waals surface area contributed by atoms with Gasteiger partial charge in [-0.3, -0.25) is 4.40 Å². The summed E-state index contributed by atoms with van der Waals surface area (Å²) in [6.07, 6.45) is 6.02. The van der Waals surface area contributed by atoms with Gasteiger partial charge < -0.3 is 5.32 Å². The van der Waals surface area contributed by atoms with Gasteiger partial charge in [-0.1, -0.05) is 11.6 Å². The second kappa shape index (κ2) is 5.91. The Hall–Kier alpha value is -1.98. The van der Waals surface area contributed by atoms with E-state index in [0.717, 1.165) is 48.1 Å². The molecule has 0 radical (unpaired) electrons. The Morgan fingerprint density at radius 1 is 1.30 bits per heavy atom. The van der Waals surface area contributed by atoms with Gasteiger partial charge >= 0.3 is 0 Å². The molecule has 1 atom stereocenters. The minimum Gasteiger partial charge on any atom is -0.316 e. The summed E-state index contributed by atoms with van der Waals surface area (Å²) in [5.74, 6) is 1.30. The van der Waals surface area contributed by atoms with E-state index in [1.54, 1.807) is 0 Å². The highest BCUT2D eigenvalue weighted by Gasteiger charge is 2.19. The van der Waals surface area contributed by atoms with E-state index in [1.165, 1.54) is 6.42 Å². The molecule has 1 aliphatic heterocycles. The molecule has 4 rings (SSSR count). The minimum atomic E-state index is 0.380. The largest absolute Gasteiger partial charge is 0.316 e. The van der Waals surface area contributed by atoms with Crippen LogP contribution in [0.4, 0.5) is 0 Å². The maximum absolute atomic E-state index is 6.13. The second-order valence-electron chi connectivity index (χ2n) is 6.01. The molecule has 0 aliphatic carbocycles. The summed E-state index contributed by atoms with van der Waals surface area (Å²) < 4.78 is 1.98. The Kier molecular flexibility index (Phi) is 3.75. The summed E-state index contributed by atoms with van der Waals surface area (Å²) in [4.78, 5) is 13.9.